The Morgan fingerprint density at radius 3 is 2.24 bits per heavy atom. The van der Waals surface area contributed by atoms with Gasteiger partial charge in [0.05, 0.1) is 18.5 Å². The van der Waals surface area contributed by atoms with Crippen LogP contribution in [0.3, 0.4) is 0 Å². The van der Waals surface area contributed by atoms with Crippen LogP contribution >= 0.6 is 0 Å². The van der Waals surface area contributed by atoms with Crippen molar-refractivity contribution in [2.75, 3.05) is 0 Å². The molecule has 204 valence electrons. The van der Waals surface area contributed by atoms with Crippen LogP contribution < -0.4 is 10.6 Å². The molecule has 0 saturated heterocycles. The molecule has 1 aliphatic carbocycles. The summed E-state index contributed by atoms with van der Waals surface area (Å²) in [7, 11) is 0. The van der Waals surface area contributed by atoms with Crippen LogP contribution in [0.2, 0.25) is 0 Å². The number of aliphatic carboxylic acids is 1. The van der Waals surface area contributed by atoms with E-state index in [9.17, 15) is 29.1 Å². The van der Waals surface area contributed by atoms with E-state index in [2.05, 4.69) is 10.6 Å². The van der Waals surface area contributed by atoms with E-state index in [0.717, 1.165) is 19.3 Å². The molecule has 2 rings (SSSR count). The second-order valence-electron chi connectivity index (χ2n) is 10.7. The standard InChI is InChI=1S/C28H40N2O7/c1-15(2)25(30-27(36)20-11-17(4)26(35)18(5)12-20)22(32)10-9-19-8-6-7-16(3)24(19)28(37)29-21(14-31)13-23(33)34/h11-12,14-16,19,21,24-25,35H,6-10,13H2,1-5H3,(H,29,37)(H,30,36)(H,33,34)/t16-,19?,21-,24+,25-/m0/s1. The van der Waals surface area contributed by atoms with Gasteiger partial charge < -0.3 is 25.6 Å². The number of benzene rings is 1. The molecule has 9 heteroatoms. The summed E-state index contributed by atoms with van der Waals surface area (Å²) in [4.78, 5) is 61.4. The number of ketones is 1. The largest absolute Gasteiger partial charge is 0.507 e. The highest BCUT2D eigenvalue weighted by molar-refractivity contribution is 5.98. The van der Waals surface area contributed by atoms with Gasteiger partial charge in [0.1, 0.15) is 12.0 Å². The number of Topliss-reactive ketones (excluding diaryl/α,β-unsaturated/α-hetero) is 1. The number of carboxylic acids is 1. The molecule has 5 atom stereocenters. The Morgan fingerprint density at radius 1 is 1.08 bits per heavy atom. The van der Waals surface area contributed by atoms with Crippen molar-refractivity contribution in [1.82, 2.24) is 10.6 Å². The predicted molar refractivity (Wildman–Crippen MR) is 138 cm³/mol. The van der Waals surface area contributed by atoms with Crippen LogP contribution in [0.25, 0.3) is 0 Å². The van der Waals surface area contributed by atoms with Gasteiger partial charge in [-0.05, 0) is 74.1 Å². The molecular formula is C28H40N2O7. The van der Waals surface area contributed by atoms with Crippen molar-refractivity contribution >= 4 is 29.9 Å². The molecule has 0 aromatic heterocycles. The molecule has 37 heavy (non-hydrogen) atoms. The van der Waals surface area contributed by atoms with Crippen LogP contribution in [0.5, 0.6) is 5.75 Å². The third-order valence-corrected chi connectivity index (χ3v) is 7.36. The van der Waals surface area contributed by atoms with E-state index in [1.54, 1.807) is 26.0 Å². The summed E-state index contributed by atoms with van der Waals surface area (Å²) < 4.78 is 0. The Hall–Kier alpha value is -3.23. The van der Waals surface area contributed by atoms with Crippen molar-refractivity contribution in [3.05, 3.63) is 28.8 Å². The zero-order valence-corrected chi connectivity index (χ0v) is 22.4. The predicted octanol–water partition coefficient (Wildman–Crippen LogP) is 3.32. The molecule has 1 aromatic rings. The number of carbonyl (C=O) groups is 5. The first kappa shape index (κ1) is 30.0. The van der Waals surface area contributed by atoms with Gasteiger partial charge in [-0.25, -0.2) is 0 Å². The number of phenolic OH excluding ortho intramolecular Hbond substituents is 1. The molecule has 4 N–H and O–H groups in total. The highest BCUT2D eigenvalue weighted by Gasteiger charge is 2.37. The number of nitrogens with one attached hydrogen (secondary N) is 2. The van der Waals surface area contributed by atoms with E-state index < -0.39 is 30.4 Å². The van der Waals surface area contributed by atoms with Crippen LogP contribution in [0, 0.1) is 37.5 Å². The first-order valence-corrected chi connectivity index (χ1v) is 13.0. The van der Waals surface area contributed by atoms with Crippen LogP contribution in [0.4, 0.5) is 0 Å². The lowest BCUT2D eigenvalue weighted by Crippen LogP contribution is -2.47. The summed E-state index contributed by atoms with van der Waals surface area (Å²) in [5, 5.41) is 24.4. The average molecular weight is 517 g/mol. The van der Waals surface area contributed by atoms with Crippen LogP contribution in [0.15, 0.2) is 12.1 Å². The fourth-order valence-electron chi connectivity index (χ4n) is 5.34. The Morgan fingerprint density at radius 2 is 1.70 bits per heavy atom. The zero-order chi connectivity index (χ0) is 27.9. The van der Waals surface area contributed by atoms with E-state index in [-0.39, 0.29) is 47.5 Å². The minimum Gasteiger partial charge on any atom is -0.507 e. The Kier molecular flexibility index (Phi) is 10.8. The third kappa shape index (κ3) is 8.13. The number of phenols is 1. The summed E-state index contributed by atoms with van der Waals surface area (Å²) >= 11 is 0. The van der Waals surface area contributed by atoms with Gasteiger partial charge in [-0.1, -0.05) is 27.2 Å². The van der Waals surface area contributed by atoms with Crippen molar-refractivity contribution in [3.63, 3.8) is 0 Å². The topological polar surface area (TPSA) is 150 Å². The molecule has 0 bridgehead atoms. The molecule has 1 fully saturated rings. The summed E-state index contributed by atoms with van der Waals surface area (Å²) in [6, 6.07) is 1.38. The second kappa shape index (κ2) is 13.4. The number of aldehydes is 1. The molecule has 1 saturated carbocycles. The maximum absolute atomic E-state index is 13.2. The molecule has 2 amide bonds. The quantitative estimate of drug-likeness (QED) is 0.311. The van der Waals surface area contributed by atoms with Gasteiger partial charge in [-0.15, -0.1) is 0 Å². The van der Waals surface area contributed by atoms with Gasteiger partial charge in [-0.3, -0.25) is 19.2 Å². The van der Waals surface area contributed by atoms with Crippen LogP contribution in [-0.4, -0.2) is 52.1 Å². The number of hydrogen-bond acceptors (Lipinski definition) is 6. The van der Waals surface area contributed by atoms with Crippen molar-refractivity contribution in [3.8, 4) is 5.75 Å². The molecule has 0 heterocycles. The first-order chi connectivity index (χ1) is 17.3. The average Bonchev–Trinajstić information content (AvgIpc) is 2.82. The first-order valence-electron chi connectivity index (χ1n) is 13.0. The van der Waals surface area contributed by atoms with Crippen molar-refractivity contribution in [2.24, 2.45) is 23.7 Å². The van der Waals surface area contributed by atoms with E-state index >= 15 is 0 Å². The summed E-state index contributed by atoms with van der Waals surface area (Å²) in [6.07, 6.45) is 3.11. The molecule has 1 unspecified atom stereocenters. The monoisotopic (exact) mass is 516 g/mol. The normalized spacial score (nSPS) is 21.1. The lowest BCUT2D eigenvalue weighted by atomic mass is 9.70. The molecule has 0 spiro atoms. The summed E-state index contributed by atoms with van der Waals surface area (Å²) in [5.74, 6) is -2.52. The molecule has 0 aliphatic heterocycles. The Labute approximate surface area is 218 Å². The van der Waals surface area contributed by atoms with E-state index in [1.807, 2.05) is 20.8 Å². The Bertz CT molecular complexity index is 997. The van der Waals surface area contributed by atoms with Gasteiger partial charge in [0, 0.05) is 17.9 Å². The fraction of sp³-hybridized carbons (Fsp3) is 0.607. The highest BCUT2D eigenvalue weighted by Crippen LogP contribution is 2.38. The SMILES string of the molecule is Cc1cc(C(=O)N[C@H](C(=O)CCC2CCC[C@H](C)[C@H]2C(=O)N[C@H](C=O)CC(=O)O)C(C)C)cc(C)c1O. The van der Waals surface area contributed by atoms with Gasteiger partial charge in [0.2, 0.25) is 5.91 Å². The number of rotatable bonds is 12. The van der Waals surface area contributed by atoms with E-state index in [1.165, 1.54) is 0 Å². The maximum atomic E-state index is 13.2. The summed E-state index contributed by atoms with van der Waals surface area (Å²) in [5.41, 5.74) is 1.53. The van der Waals surface area contributed by atoms with Gasteiger partial charge in [0.25, 0.3) is 5.91 Å². The second-order valence-corrected chi connectivity index (χ2v) is 10.7. The van der Waals surface area contributed by atoms with Gasteiger partial charge in [0.15, 0.2) is 5.78 Å². The molecular weight excluding hydrogens is 476 g/mol. The van der Waals surface area contributed by atoms with E-state index in [4.69, 9.17) is 5.11 Å². The van der Waals surface area contributed by atoms with Crippen molar-refractivity contribution < 1.29 is 34.2 Å². The number of aryl methyl sites for hydroxylation is 2. The number of carboxylic acid groups (broad SMARTS) is 1. The van der Waals surface area contributed by atoms with Gasteiger partial charge in [-0.2, -0.15) is 0 Å². The molecule has 0 radical (unpaired) electrons. The van der Waals surface area contributed by atoms with Crippen LogP contribution in [-0.2, 0) is 19.2 Å². The number of aromatic hydroxyl groups is 1. The highest BCUT2D eigenvalue weighted by atomic mass is 16.4. The number of amides is 2. The number of hydrogen-bond donors (Lipinski definition) is 4. The fourth-order valence-corrected chi connectivity index (χ4v) is 5.34. The third-order valence-electron chi connectivity index (χ3n) is 7.36. The van der Waals surface area contributed by atoms with Crippen molar-refractivity contribution in [2.45, 2.75) is 85.2 Å². The summed E-state index contributed by atoms with van der Waals surface area (Å²) in [6.45, 7) is 9.10. The smallest absolute Gasteiger partial charge is 0.305 e. The lowest BCUT2D eigenvalue weighted by molar-refractivity contribution is -0.139. The molecule has 1 aliphatic rings. The van der Waals surface area contributed by atoms with Gasteiger partial charge >= 0.3 is 5.97 Å². The number of carbonyl (C=O) groups excluding carboxylic acids is 4. The minimum atomic E-state index is -1.17. The van der Waals surface area contributed by atoms with Crippen molar-refractivity contribution in [1.29, 1.82) is 0 Å². The lowest BCUT2D eigenvalue weighted by Gasteiger charge is -2.36. The van der Waals surface area contributed by atoms with E-state index in [0.29, 0.717) is 29.4 Å². The zero-order valence-electron chi connectivity index (χ0n) is 22.4. The minimum absolute atomic E-state index is 0.0348. The molecule has 9 nitrogen and oxygen atoms in total. The molecule has 1 aromatic carbocycles. The van der Waals surface area contributed by atoms with Crippen LogP contribution in [0.1, 0.15) is 80.8 Å². The maximum Gasteiger partial charge on any atom is 0.305 e. The Balaban J connectivity index is 2.08.